The van der Waals surface area contributed by atoms with Gasteiger partial charge in [0, 0.05) is 19.0 Å². The van der Waals surface area contributed by atoms with Crippen molar-refractivity contribution in [1.82, 2.24) is 4.90 Å². The van der Waals surface area contributed by atoms with E-state index in [1.54, 1.807) is 25.1 Å². The number of carbonyl (C=O) groups excluding carboxylic acids is 2. The smallest absolute Gasteiger partial charge is 0.260 e. The molecule has 20 heavy (non-hydrogen) atoms. The number of likely N-dealkylation sites (N-methyl/N-ethyl adjacent to an activating group) is 1. The summed E-state index contributed by atoms with van der Waals surface area (Å²) < 4.78 is 27.0. The molecule has 108 valence electrons. The van der Waals surface area contributed by atoms with Gasteiger partial charge < -0.3 is 0 Å². The fourth-order valence-electron chi connectivity index (χ4n) is 2.85. The van der Waals surface area contributed by atoms with Crippen LogP contribution in [0.1, 0.15) is 41.8 Å². The van der Waals surface area contributed by atoms with Gasteiger partial charge in [0.1, 0.15) is 0 Å². The number of hydrogen-bond acceptors (Lipinski definition) is 2. The van der Waals surface area contributed by atoms with Gasteiger partial charge in [0.05, 0.1) is 5.41 Å². The van der Waals surface area contributed by atoms with Gasteiger partial charge in [-0.15, -0.1) is 0 Å². The second-order valence-corrected chi connectivity index (χ2v) is 5.80. The normalized spacial score (nSPS) is 23.0. The molecule has 0 spiro atoms. The molecule has 0 aliphatic carbocycles. The number of carbonyl (C=O) groups is 2. The van der Waals surface area contributed by atoms with E-state index >= 15 is 0 Å². The Balaban J connectivity index is 2.68. The highest BCUT2D eigenvalue weighted by Crippen LogP contribution is 2.41. The molecular formula is C15H17F2NO2. The fraction of sp³-hybridized carbons (Fsp3) is 0.467. The van der Waals surface area contributed by atoms with Gasteiger partial charge in [0.15, 0.2) is 0 Å². The third kappa shape index (κ3) is 2.21. The summed E-state index contributed by atoms with van der Waals surface area (Å²) in [7, 11) is 1.33. The zero-order chi connectivity index (χ0) is 15.3. The lowest BCUT2D eigenvalue weighted by Gasteiger charge is -2.39. The zero-order valence-corrected chi connectivity index (χ0v) is 12.0. The highest BCUT2D eigenvalue weighted by Gasteiger charge is 2.50. The van der Waals surface area contributed by atoms with E-state index in [1.165, 1.54) is 14.0 Å². The van der Waals surface area contributed by atoms with Crippen molar-refractivity contribution in [2.24, 2.45) is 0 Å². The number of imide groups is 1. The third-order valence-corrected chi connectivity index (χ3v) is 3.75. The maximum Gasteiger partial charge on any atom is 0.260 e. The van der Waals surface area contributed by atoms with Gasteiger partial charge in [0.2, 0.25) is 11.8 Å². The summed E-state index contributed by atoms with van der Waals surface area (Å²) in [4.78, 5) is 25.4. The van der Waals surface area contributed by atoms with Gasteiger partial charge in [-0.3, -0.25) is 14.5 Å². The molecule has 1 aromatic rings. The molecule has 0 saturated heterocycles. The number of amides is 2. The minimum Gasteiger partial charge on any atom is -0.281 e. The van der Waals surface area contributed by atoms with Crippen LogP contribution < -0.4 is 0 Å². The fourth-order valence-corrected chi connectivity index (χ4v) is 2.85. The molecule has 3 nitrogen and oxygen atoms in total. The molecule has 2 amide bonds. The number of benzene rings is 1. The van der Waals surface area contributed by atoms with E-state index in [-0.39, 0.29) is 0 Å². The van der Waals surface area contributed by atoms with Crippen LogP contribution in [0.5, 0.6) is 0 Å². The molecule has 0 radical (unpaired) electrons. The predicted octanol–water partition coefficient (Wildman–Crippen LogP) is 2.91. The largest absolute Gasteiger partial charge is 0.281 e. The first-order valence-corrected chi connectivity index (χ1v) is 6.38. The quantitative estimate of drug-likeness (QED) is 0.782. The van der Waals surface area contributed by atoms with Gasteiger partial charge in [-0.25, -0.2) is 8.78 Å². The average Bonchev–Trinajstić information content (AvgIpc) is 2.32. The van der Waals surface area contributed by atoms with Gasteiger partial charge in [-0.1, -0.05) is 17.7 Å². The van der Waals surface area contributed by atoms with E-state index in [1.807, 2.05) is 0 Å². The van der Waals surface area contributed by atoms with Crippen molar-refractivity contribution in [1.29, 1.82) is 0 Å². The second kappa shape index (κ2) is 4.36. The van der Waals surface area contributed by atoms with Crippen LogP contribution in [0.4, 0.5) is 8.78 Å². The maximum absolute atomic E-state index is 13.5. The van der Waals surface area contributed by atoms with Crippen LogP contribution in [0.2, 0.25) is 0 Å². The van der Waals surface area contributed by atoms with Crippen molar-refractivity contribution in [2.75, 3.05) is 7.05 Å². The lowest BCUT2D eigenvalue weighted by atomic mass is 9.71. The van der Waals surface area contributed by atoms with Crippen LogP contribution in [-0.2, 0) is 10.2 Å². The van der Waals surface area contributed by atoms with Gasteiger partial charge in [-0.2, -0.15) is 0 Å². The number of nitrogens with zero attached hydrogens (tertiary/aromatic N) is 1. The summed E-state index contributed by atoms with van der Waals surface area (Å²) in [5.41, 5.74) is 0.165. The van der Waals surface area contributed by atoms with Crippen LogP contribution in [0.15, 0.2) is 18.2 Å². The predicted molar refractivity (Wildman–Crippen MR) is 70.9 cm³/mol. The van der Waals surface area contributed by atoms with E-state index in [4.69, 9.17) is 0 Å². The SMILES string of the molecule is Cc1ccc2c(c1)C(C)(CC(C)(F)F)C(=O)N(C)C2=O. The standard InChI is InChI=1S/C15H17F2NO2/c1-9-5-6-10-11(7-9)14(2,8-15(3,16)17)13(20)18(4)12(10)19/h5-7H,8H2,1-4H3. The molecule has 1 unspecified atom stereocenters. The summed E-state index contributed by atoms with van der Waals surface area (Å²) in [6.07, 6.45) is -0.618. The maximum atomic E-state index is 13.5. The summed E-state index contributed by atoms with van der Waals surface area (Å²) in [5.74, 6) is -4.02. The van der Waals surface area contributed by atoms with Gasteiger partial charge in [-0.05, 0) is 32.4 Å². The molecule has 1 aliphatic heterocycles. The topological polar surface area (TPSA) is 37.4 Å². The van der Waals surface area contributed by atoms with E-state index in [2.05, 4.69) is 0 Å². The van der Waals surface area contributed by atoms with Crippen molar-refractivity contribution in [3.05, 3.63) is 34.9 Å². The Morgan fingerprint density at radius 3 is 2.45 bits per heavy atom. The van der Waals surface area contributed by atoms with E-state index in [0.29, 0.717) is 11.1 Å². The first kappa shape index (κ1) is 14.6. The number of alkyl halides is 2. The van der Waals surface area contributed by atoms with Crippen LogP contribution in [0.25, 0.3) is 0 Å². The molecule has 1 aliphatic rings. The Morgan fingerprint density at radius 2 is 1.90 bits per heavy atom. The van der Waals surface area contributed by atoms with Gasteiger partial charge >= 0.3 is 0 Å². The van der Waals surface area contributed by atoms with Crippen molar-refractivity contribution in [3.63, 3.8) is 0 Å². The number of fused-ring (bicyclic) bond motifs is 1. The highest BCUT2D eigenvalue weighted by molar-refractivity contribution is 6.12. The highest BCUT2D eigenvalue weighted by atomic mass is 19.3. The van der Waals surface area contributed by atoms with Crippen molar-refractivity contribution < 1.29 is 18.4 Å². The minimum atomic E-state index is -2.99. The Bertz CT molecular complexity index is 592. The average molecular weight is 281 g/mol. The lowest BCUT2D eigenvalue weighted by Crippen LogP contribution is -2.53. The van der Waals surface area contributed by atoms with Crippen molar-refractivity contribution in [3.8, 4) is 0 Å². The second-order valence-electron chi connectivity index (χ2n) is 5.80. The lowest BCUT2D eigenvalue weighted by molar-refractivity contribution is -0.137. The molecule has 1 atom stereocenters. The van der Waals surface area contributed by atoms with Crippen LogP contribution >= 0.6 is 0 Å². The van der Waals surface area contributed by atoms with Crippen LogP contribution in [0.3, 0.4) is 0 Å². The molecule has 0 fully saturated rings. The molecular weight excluding hydrogens is 264 g/mol. The monoisotopic (exact) mass is 281 g/mol. The molecule has 0 aromatic heterocycles. The van der Waals surface area contributed by atoms with Gasteiger partial charge in [0.25, 0.3) is 5.91 Å². The first-order chi connectivity index (χ1) is 9.06. The first-order valence-electron chi connectivity index (χ1n) is 6.38. The molecule has 1 heterocycles. The Labute approximate surface area is 116 Å². The van der Waals surface area contributed by atoms with Crippen molar-refractivity contribution in [2.45, 2.75) is 38.5 Å². The van der Waals surface area contributed by atoms with E-state index in [9.17, 15) is 18.4 Å². The third-order valence-electron chi connectivity index (χ3n) is 3.75. The molecule has 1 aromatic carbocycles. The zero-order valence-electron chi connectivity index (χ0n) is 12.0. The Kier molecular flexibility index (Phi) is 3.19. The van der Waals surface area contributed by atoms with E-state index in [0.717, 1.165) is 17.4 Å². The van der Waals surface area contributed by atoms with Crippen LogP contribution in [-0.4, -0.2) is 29.7 Å². The van der Waals surface area contributed by atoms with E-state index < -0.39 is 29.6 Å². The molecule has 5 heteroatoms. The number of aryl methyl sites for hydroxylation is 1. The Hall–Kier alpha value is -1.78. The molecule has 0 N–H and O–H groups in total. The number of hydrogen-bond donors (Lipinski definition) is 0. The minimum absolute atomic E-state index is 0.324. The molecule has 0 bridgehead atoms. The summed E-state index contributed by atoms with van der Waals surface area (Å²) in [6.45, 7) is 4.07. The number of rotatable bonds is 2. The summed E-state index contributed by atoms with van der Waals surface area (Å²) in [6, 6.07) is 5.00. The summed E-state index contributed by atoms with van der Waals surface area (Å²) >= 11 is 0. The van der Waals surface area contributed by atoms with Crippen molar-refractivity contribution >= 4 is 11.8 Å². The molecule has 0 saturated carbocycles. The van der Waals surface area contributed by atoms with Crippen LogP contribution in [0, 0.1) is 6.92 Å². The number of halogens is 2. The molecule has 2 rings (SSSR count). The Morgan fingerprint density at radius 1 is 1.30 bits per heavy atom. The summed E-state index contributed by atoms with van der Waals surface area (Å²) in [5, 5.41) is 0.